The van der Waals surface area contributed by atoms with Crippen molar-refractivity contribution in [3.05, 3.63) is 63.7 Å². The molecule has 1 atom stereocenters. The Morgan fingerprint density at radius 2 is 1.90 bits per heavy atom. The molecule has 2 aromatic carbocycles. The highest BCUT2D eigenvalue weighted by Crippen LogP contribution is 2.32. The lowest BCUT2D eigenvalue weighted by Gasteiger charge is -2.20. The number of ether oxygens (including phenoxy) is 1. The van der Waals surface area contributed by atoms with Gasteiger partial charge in [0.15, 0.2) is 0 Å². The van der Waals surface area contributed by atoms with Crippen molar-refractivity contribution in [2.45, 2.75) is 19.9 Å². The summed E-state index contributed by atoms with van der Waals surface area (Å²) in [6.45, 7) is 4.00. The van der Waals surface area contributed by atoms with Crippen molar-refractivity contribution in [2.75, 3.05) is 7.11 Å². The number of hydrazine groups is 1. The minimum atomic E-state index is -0.163. The van der Waals surface area contributed by atoms with Gasteiger partial charge in [-0.25, -0.2) is 5.43 Å². The molecule has 3 nitrogen and oxygen atoms in total. The van der Waals surface area contributed by atoms with Gasteiger partial charge >= 0.3 is 0 Å². The van der Waals surface area contributed by atoms with Crippen LogP contribution < -0.4 is 16.0 Å². The molecule has 0 radical (unpaired) electrons. The van der Waals surface area contributed by atoms with E-state index in [0.717, 1.165) is 33.0 Å². The average molecular weight is 291 g/mol. The first-order valence-electron chi connectivity index (χ1n) is 6.43. The smallest absolute Gasteiger partial charge is 0.124 e. The zero-order valence-electron chi connectivity index (χ0n) is 11.9. The van der Waals surface area contributed by atoms with Gasteiger partial charge in [0.25, 0.3) is 0 Å². The van der Waals surface area contributed by atoms with Gasteiger partial charge in [-0.3, -0.25) is 5.84 Å². The fourth-order valence-corrected chi connectivity index (χ4v) is 2.40. The van der Waals surface area contributed by atoms with E-state index in [1.165, 1.54) is 0 Å². The summed E-state index contributed by atoms with van der Waals surface area (Å²) in [5.41, 5.74) is 7.01. The summed E-state index contributed by atoms with van der Waals surface area (Å²) in [6, 6.07) is 11.8. The molecule has 0 saturated carbocycles. The van der Waals surface area contributed by atoms with Gasteiger partial charge in [-0.2, -0.15) is 0 Å². The van der Waals surface area contributed by atoms with Crippen LogP contribution in [0, 0.1) is 13.8 Å². The molecule has 0 aromatic heterocycles. The maximum Gasteiger partial charge on any atom is 0.124 e. The number of hydrogen-bond donors (Lipinski definition) is 2. The monoisotopic (exact) mass is 290 g/mol. The molecule has 0 heterocycles. The van der Waals surface area contributed by atoms with Crippen molar-refractivity contribution >= 4 is 11.6 Å². The maximum absolute atomic E-state index is 6.20. The molecule has 0 aliphatic heterocycles. The summed E-state index contributed by atoms with van der Waals surface area (Å²) in [5.74, 6) is 6.55. The second kappa shape index (κ2) is 6.27. The van der Waals surface area contributed by atoms with Gasteiger partial charge in [0, 0.05) is 10.6 Å². The number of nitrogens with one attached hydrogen (secondary N) is 1. The van der Waals surface area contributed by atoms with E-state index >= 15 is 0 Å². The highest BCUT2D eigenvalue weighted by molar-refractivity contribution is 6.31. The number of aryl methyl sites for hydroxylation is 2. The van der Waals surface area contributed by atoms with Crippen molar-refractivity contribution in [1.29, 1.82) is 0 Å². The van der Waals surface area contributed by atoms with Crippen molar-refractivity contribution < 1.29 is 4.74 Å². The number of hydrogen-bond acceptors (Lipinski definition) is 3. The molecule has 1 unspecified atom stereocenters. The lowest BCUT2D eigenvalue weighted by atomic mass is 9.96. The Bertz CT molecular complexity index is 613. The summed E-state index contributed by atoms with van der Waals surface area (Å²) in [6.07, 6.45) is 0. The Hall–Kier alpha value is -1.55. The highest BCUT2D eigenvalue weighted by atomic mass is 35.5. The van der Waals surface area contributed by atoms with Crippen LogP contribution in [0.1, 0.15) is 28.3 Å². The zero-order chi connectivity index (χ0) is 14.7. The third-order valence-corrected chi connectivity index (χ3v) is 3.80. The molecule has 0 saturated heterocycles. The summed E-state index contributed by atoms with van der Waals surface area (Å²) in [7, 11) is 1.66. The molecule has 20 heavy (non-hydrogen) atoms. The molecule has 2 aromatic rings. The van der Waals surface area contributed by atoms with Crippen LogP contribution >= 0.6 is 11.6 Å². The Morgan fingerprint density at radius 1 is 1.15 bits per heavy atom. The topological polar surface area (TPSA) is 47.3 Å². The molecule has 0 spiro atoms. The number of benzene rings is 2. The molecule has 0 aliphatic rings. The van der Waals surface area contributed by atoms with Crippen LogP contribution in [0.5, 0.6) is 5.75 Å². The van der Waals surface area contributed by atoms with Gasteiger partial charge in [-0.05, 0) is 42.7 Å². The molecular weight excluding hydrogens is 272 g/mol. The average Bonchev–Trinajstić information content (AvgIpc) is 2.44. The maximum atomic E-state index is 6.20. The van der Waals surface area contributed by atoms with E-state index in [1.807, 2.05) is 50.2 Å². The van der Waals surface area contributed by atoms with E-state index in [-0.39, 0.29) is 6.04 Å². The third-order valence-electron chi connectivity index (χ3n) is 3.40. The SMILES string of the molecule is COc1cc(C)ccc1C(NN)c1ccc(C)c(Cl)c1. The largest absolute Gasteiger partial charge is 0.496 e. The lowest BCUT2D eigenvalue weighted by molar-refractivity contribution is 0.404. The van der Waals surface area contributed by atoms with Crippen LogP contribution in [0.15, 0.2) is 36.4 Å². The van der Waals surface area contributed by atoms with Crippen molar-refractivity contribution in [1.82, 2.24) is 5.43 Å². The predicted molar refractivity (Wildman–Crippen MR) is 83.1 cm³/mol. The lowest BCUT2D eigenvalue weighted by Crippen LogP contribution is -2.29. The predicted octanol–water partition coefficient (Wildman–Crippen LogP) is 3.52. The highest BCUT2D eigenvalue weighted by Gasteiger charge is 2.17. The van der Waals surface area contributed by atoms with Crippen LogP contribution in [-0.2, 0) is 0 Å². The van der Waals surface area contributed by atoms with E-state index in [0.29, 0.717) is 0 Å². The zero-order valence-corrected chi connectivity index (χ0v) is 12.7. The summed E-state index contributed by atoms with van der Waals surface area (Å²) in [5, 5.41) is 0.730. The van der Waals surface area contributed by atoms with Crippen LogP contribution in [0.3, 0.4) is 0 Å². The van der Waals surface area contributed by atoms with Gasteiger partial charge in [0.05, 0.1) is 13.2 Å². The molecule has 106 valence electrons. The van der Waals surface area contributed by atoms with Crippen LogP contribution in [0.2, 0.25) is 5.02 Å². The van der Waals surface area contributed by atoms with E-state index < -0.39 is 0 Å². The fourth-order valence-electron chi connectivity index (χ4n) is 2.21. The number of rotatable bonds is 4. The minimum absolute atomic E-state index is 0.163. The van der Waals surface area contributed by atoms with E-state index in [1.54, 1.807) is 7.11 Å². The van der Waals surface area contributed by atoms with Crippen molar-refractivity contribution in [2.24, 2.45) is 5.84 Å². The minimum Gasteiger partial charge on any atom is -0.496 e. The summed E-state index contributed by atoms with van der Waals surface area (Å²) >= 11 is 6.20. The van der Waals surface area contributed by atoms with Crippen LogP contribution in [0.4, 0.5) is 0 Å². The first-order valence-corrected chi connectivity index (χ1v) is 6.81. The first kappa shape index (κ1) is 14.9. The van der Waals surface area contributed by atoms with E-state index in [4.69, 9.17) is 22.2 Å². The molecule has 0 amide bonds. The second-order valence-corrected chi connectivity index (χ2v) is 5.26. The van der Waals surface area contributed by atoms with Gasteiger partial charge in [-0.1, -0.05) is 35.9 Å². The third kappa shape index (κ3) is 2.96. The molecule has 0 bridgehead atoms. The molecule has 3 N–H and O–H groups in total. The fraction of sp³-hybridized carbons (Fsp3) is 0.250. The van der Waals surface area contributed by atoms with Crippen LogP contribution in [-0.4, -0.2) is 7.11 Å². The normalized spacial score (nSPS) is 12.2. The van der Waals surface area contributed by atoms with Gasteiger partial charge in [0.2, 0.25) is 0 Å². The Morgan fingerprint density at radius 3 is 2.50 bits per heavy atom. The number of nitrogens with two attached hydrogens (primary N) is 1. The van der Waals surface area contributed by atoms with E-state index in [9.17, 15) is 0 Å². The Kier molecular flexibility index (Phi) is 4.65. The van der Waals surface area contributed by atoms with E-state index in [2.05, 4.69) is 5.43 Å². The van der Waals surface area contributed by atoms with Gasteiger partial charge < -0.3 is 4.74 Å². The summed E-state index contributed by atoms with van der Waals surface area (Å²) in [4.78, 5) is 0. The molecular formula is C16H19ClN2O. The number of methoxy groups -OCH3 is 1. The molecule has 0 aliphatic carbocycles. The Balaban J connectivity index is 2.49. The number of halogens is 1. The molecule has 4 heteroatoms. The van der Waals surface area contributed by atoms with Crippen LogP contribution in [0.25, 0.3) is 0 Å². The van der Waals surface area contributed by atoms with Gasteiger partial charge in [-0.15, -0.1) is 0 Å². The first-order chi connectivity index (χ1) is 9.56. The second-order valence-electron chi connectivity index (χ2n) is 4.85. The van der Waals surface area contributed by atoms with Crippen molar-refractivity contribution in [3.8, 4) is 5.75 Å². The standard InChI is InChI=1S/C16H19ClN2O/c1-10-4-7-13(15(8-10)20-3)16(19-18)12-6-5-11(2)14(17)9-12/h4-9,16,19H,18H2,1-3H3. The summed E-state index contributed by atoms with van der Waals surface area (Å²) < 4.78 is 5.46. The molecule has 0 fully saturated rings. The molecule has 2 rings (SSSR count). The quantitative estimate of drug-likeness (QED) is 0.669. The van der Waals surface area contributed by atoms with Crippen molar-refractivity contribution in [3.63, 3.8) is 0 Å². The van der Waals surface area contributed by atoms with Gasteiger partial charge in [0.1, 0.15) is 5.75 Å². The Labute approximate surface area is 124 Å².